The Morgan fingerprint density at radius 3 is 2.13 bits per heavy atom. The topological polar surface area (TPSA) is 46.5 Å². The largest absolute Gasteiger partial charge is 0.479 e. The van der Waals surface area contributed by atoms with Crippen molar-refractivity contribution in [2.24, 2.45) is 0 Å². The number of ether oxygens (including phenoxy) is 1. The highest BCUT2D eigenvalue weighted by Crippen LogP contribution is 2.19. The Labute approximate surface area is 158 Å². The minimum Gasteiger partial charge on any atom is -0.479 e. The van der Waals surface area contributed by atoms with Crippen molar-refractivity contribution < 1.29 is 14.6 Å². The standard InChI is InChI=1S/C16H30O3S4/c1-2-3-5-15(16(17)18)19-14-12-22-10-8-20-6-4-7-21-9-11-23-13-14/h14-15H,2-13H2,1H3,(H,17,18). The molecule has 1 unspecified atom stereocenters. The number of hydrogen-bond acceptors (Lipinski definition) is 6. The van der Waals surface area contributed by atoms with E-state index in [-0.39, 0.29) is 6.10 Å². The first-order valence-electron chi connectivity index (χ1n) is 8.43. The smallest absolute Gasteiger partial charge is 0.332 e. The summed E-state index contributed by atoms with van der Waals surface area (Å²) < 4.78 is 5.96. The minimum atomic E-state index is -0.807. The maximum atomic E-state index is 11.4. The minimum absolute atomic E-state index is 0.0564. The molecule has 23 heavy (non-hydrogen) atoms. The van der Waals surface area contributed by atoms with Gasteiger partial charge in [-0.2, -0.15) is 47.0 Å². The Kier molecular flexibility index (Phi) is 14.4. The van der Waals surface area contributed by atoms with Crippen molar-refractivity contribution in [1.82, 2.24) is 0 Å². The first-order chi connectivity index (χ1) is 11.2. The molecule has 1 N–H and O–H groups in total. The first-order valence-corrected chi connectivity index (χ1v) is 13.0. The third-order valence-electron chi connectivity index (χ3n) is 3.38. The number of carboxylic acid groups (broad SMARTS) is 1. The fourth-order valence-corrected chi connectivity index (χ4v) is 6.71. The fraction of sp³-hybridized carbons (Fsp3) is 0.938. The van der Waals surface area contributed by atoms with Crippen LogP contribution >= 0.6 is 47.0 Å². The van der Waals surface area contributed by atoms with E-state index in [0.29, 0.717) is 6.42 Å². The van der Waals surface area contributed by atoms with E-state index in [2.05, 4.69) is 6.92 Å². The third kappa shape index (κ3) is 11.9. The lowest BCUT2D eigenvalue weighted by Crippen LogP contribution is -2.32. The molecule has 0 aromatic rings. The predicted molar refractivity (Wildman–Crippen MR) is 110 cm³/mol. The van der Waals surface area contributed by atoms with Gasteiger partial charge in [0.05, 0.1) is 6.10 Å². The van der Waals surface area contributed by atoms with Crippen LogP contribution < -0.4 is 0 Å². The van der Waals surface area contributed by atoms with Gasteiger partial charge in [0.1, 0.15) is 0 Å². The molecule has 0 radical (unpaired) electrons. The van der Waals surface area contributed by atoms with Gasteiger partial charge in [0, 0.05) is 34.5 Å². The molecule has 0 saturated carbocycles. The van der Waals surface area contributed by atoms with E-state index in [0.717, 1.165) is 35.9 Å². The first kappa shape index (κ1) is 21.9. The zero-order chi connectivity index (χ0) is 16.8. The van der Waals surface area contributed by atoms with Crippen molar-refractivity contribution in [3.63, 3.8) is 0 Å². The summed E-state index contributed by atoms with van der Waals surface area (Å²) in [7, 11) is 0. The summed E-state index contributed by atoms with van der Waals surface area (Å²) in [6, 6.07) is 0. The fourth-order valence-electron chi connectivity index (χ4n) is 2.13. The summed E-state index contributed by atoms with van der Waals surface area (Å²) in [5.74, 6) is 8.19. The molecule has 0 spiro atoms. The van der Waals surface area contributed by atoms with Crippen molar-refractivity contribution >= 4 is 53.0 Å². The molecule has 1 atom stereocenters. The molecule has 0 aliphatic carbocycles. The second kappa shape index (κ2) is 15.1. The molecular weight excluding hydrogens is 368 g/mol. The summed E-state index contributed by atoms with van der Waals surface area (Å²) in [4.78, 5) is 11.4. The van der Waals surface area contributed by atoms with Gasteiger partial charge in [0.25, 0.3) is 0 Å². The molecule has 1 saturated heterocycles. The lowest BCUT2D eigenvalue weighted by Gasteiger charge is -2.22. The van der Waals surface area contributed by atoms with Gasteiger partial charge in [-0.15, -0.1) is 0 Å². The lowest BCUT2D eigenvalue weighted by atomic mass is 10.1. The van der Waals surface area contributed by atoms with Gasteiger partial charge in [-0.25, -0.2) is 4.79 Å². The number of aliphatic carboxylic acids is 1. The highest BCUT2D eigenvalue weighted by Gasteiger charge is 2.22. The van der Waals surface area contributed by atoms with Crippen molar-refractivity contribution in [3.8, 4) is 0 Å². The second-order valence-electron chi connectivity index (χ2n) is 5.46. The van der Waals surface area contributed by atoms with Crippen molar-refractivity contribution in [1.29, 1.82) is 0 Å². The molecule has 3 nitrogen and oxygen atoms in total. The van der Waals surface area contributed by atoms with Crippen molar-refractivity contribution in [3.05, 3.63) is 0 Å². The van der Waals surface area contributed by atoms with Gasteiger partial charge in [-0.3, -0.25) is 0 Å². The number of thioether (sulfide) groups is 4. The van der Waals surface area contributed by atoms with Crippen LogP contribution in [0.2, 0.25) is 0 Å². The molecule has 7 heteroatoms. The molecule has 1 aliphatic heterocycles. The van der Waals surface area contributed by atoms with E-state index in [1.807, 2.05) is 47.0 Å². The molecule has 1 fully saturated rings. The van der Waals surface area contributed by atoms with Gasteiger partial charge in [0.2, 0.25) is 0 Å². The number of carboxylic acids is 1. The van der Waals surface area contributed by atoms with E-state index < -0.39 is 12.1 Å². The third-order valence-corrected chi connectivity index (χ3v) is 8.24. The molecule has 0 amide bonds. The Morgan fingerprint density at radius 1 is 1.04 bits per heavy atom. The van der Waals surface area contributed by atoms with Crippen LogP contribution in [0.25, 0.3) is 0 Å². The predicted octanol–water partition coefficient (Wildman–Crippen LogP) is 4.35. The van der Waals surface area contributed by atoms with Gasteiger partial charge >= 0.3 is 5.97 Å². The summed E-state index contributed by atoms with van der Waals surface area (Å²) in [5, 5.41) is 9.36. The Hall–Kier alpha value is 0.830. The quantitative estimate of drug-likeness (QED) is 0.713. The molecular formula is C16H30O3S4. The average Bonchev–Trinajstić information content (AvgIpc) is 2.54. The molecule has 0 bridgehead atoms. The van der Waals surface area contributed by atoms with E-state index in [9.17, 15) is 9.90 Å². The van der Waals surface area contributed by atoms with Gasteiger partial charge in [0.15, 0.2) is 6.10 Å². The number of rotatable bonds is 6. The van der Waals surface area contributed by atoms with Crippen LogP contribution in [-0.4, -0.2) is 69.3 Å². The van der Waals surface area contributed by atoms with Crippen molar-refractivity contribution in [2.45, 2.75) is 44.8 Å². The molecule has 0 aromatic carbocycles. The summed E-state index contributed by atoms with van der Waals surface area (Å²) in [6.07, 6.45) is 3.29. The number of carbonyl (C=O) groups is 1. The second-order valence-corrected chi connectivity index (χ2v) is 10.2. The maximum Gasteiger partial charge on any atom is 0.332 e. The molecule has 1 heterocycles. The highest BCUT2D eigenvalue weighted by atomic mass is 32.2. The van der Waals surface area contributed by atoms with Crippen LogP contribution in [0.5, 0.6) is 0 Å². The normalized spacial score (nSPS) is 21.4. The lowest BCUT2D eigenvalue weighted by molar-refractivity contribution is -0.153. The number of hydrogen-bond donors (Lipinski definition) is 1. The average molecular weight is 399 g/mol. The summed E-state index contributed by atoms with van der Waals surface area (Å²) >= 11 is 7.89. The Morgan fingerprint density at radius 2 is 1.61 bits per heavy atom. The molecule has 136 valence electrons. The van der Waals surface area contributed by atoms with Crippen LogP contribution in [0.1, 0.15) is 32.6 Å². The van der Waals surface area contributed by atoms with Crippen LogP contribution in [0.15, 0.2) is 0 Å². The number of unbranched alkanes of at least 4 members (excludes halogenated alkanes) is 1. The zero-order valence-corrected chi connectivity index (χ0v) is 17.3. The van der Waals surface area contributed by atoms with Crippen LogP contribution in [0.4, 0.5) is 0 Å². The van der Waals surface area contributed by atoms with E-state index in [1.54, 1.807) is 0 Å². The van der Waals surface area contributed by atoms with Crippen LogP contribution in [0.3, 0.4) is 0 Å². The van der Waals surface area contributed by atoms with Crippen LogP contribution in [0, 0.1) is 0 Å². The van der Waals surface area contributed by atoms with Crippen molar-refractivity contribution in [2.75, 3.05) is 46.0 Å². The summed E-state index contributed by atoms with van der Waals surface area (Å²) in [5.41, 5.74) is 0. The van der Waals surface area contributed by atoms with E-state index in [4.69, 9.17) is 4.74 Å². The Bertz CT molecular complexity index is 291. The molecule has 1 rings (SSSR count). The summed E-state index contributed by atoms with van der Waals surface area (Å²) in [6.45, 7) is 2.08. The highest BCUT2D eigenvalue weighted by molar-refractivity contribution is 8.04. The maximum absolute atomic E-state index is 11.4. The van der Waals surface area contributed by atoms with Gasteiger partial charge in [-0.05, 0) is 24.3 Å². The molecule has 1 aliphatic rings. The van der Waals surface area contributed by atoms with Gasteiger partial charge in [-0.1, -0.05) is 19.8 Å². The van der Waals surface area contributed by atoms with E-state index >= 15 is 0 Å². The van der Waals surface area contributed by atoms with E-state index in [1.165, 1.54) is 29.4 Å². The Balaban J connectivity index is 2.43. The molecule has 0 aromatic heterocycles. The van der Waals surface area contributed by atoms with Crippen LogP contribution in [-0.2, 0) is 9.53 Å². The zero-order valence-electron chi connectivity index (χ0n) is 14.0. The monoisotopic (exact) mass is 398 g/mol. The van der Waals surface area contributed by atoms with Gasteiger partial charge < -0.3 is 9.84 Å². The SMILES string of the molecule is CCCCC(OC1CSCCSCCCSCCSC1)C(=O)O.